The quantitative estimate of drug-likeness (QED) is 0.650. The fraction of sp³-hybridized carbons (Fsp3) is 0.520. The van der Waals surface area contributed by atoms with E-state index in [0.717, 1.165) is 31.5 Å². The zero-order valence-corrected chi connectivity index (χ0v) is 18.7. The van der Waals surface area contributed by atoms with Crippen LogP contribution in [0.2, 0.25) is 0 Å². The number of amides is 1. The summed E-state index contributed by atoms with van der Waals surface area (Å²) in [4.78, 5) is 26.5. The number of furan rings is 1. The van der Waals surface area contributed by atoms with Gasteiger partial charge in [-0.3, -0.25) is 14.5 Å². The van der Waals surface area contributed by atoms with E-state index < -0.39 is 0 Å². The highest BCUT2D eigenvalue weighted by Gasteiger charge is 2.22. The molecule has 0 unspecified atom stereocenters. The molecule has 2 heterocycles. The first-order valence-electron chi connectivity index (χ1n) is 11.0. The van der Waals surface area contributed by atoms with E-state index in [4.69, 9.17) is 4.42 Å². The van der Waals surface area contributed by atoms with Gasteiger partial charge in [0.15, 0.2) is 5.78 Å². The fourth-order valence-electron chi connectivity index (χ4n) is 4.58. The molecule has 2 atom stereocenters. The Morgan fingerprint density at radius 1 is 1.13 bits per heavy atom. The number of hydrogen-bond donors (Lipinski definition) is 1. The van der Waals surface area contributed by atoms with E-state index in [1.165, 1.54) is 24.5 Å². The summed E-state index contributed by atoms with van der Waals surface area (Å²) in [6.45, 7) is 11.7. The van der Waals surface area contributed by atoms with Gasteiger partial charge in [0.2, 0.25) is 5.91 Å². The monoisotopic (exact) mass is 410 g/mol. The van der Waals surface area contributed by atoms with Gasteiger partial charge < -0.3 is 9.73 Å². The van der Waals surface area contributed by atoms with E-state index in [2.05, 4.69) is 42.3 Å². The Morgan fingerprint density at radius 3 is 2.43 bits per heavy atom. The molecular formula is C25H34N2O3. The highest BCUT2D eigenvalue weighted by molar-refractivity contribution is 5.95. The largest absolute Gasteiger partial charge is 0.466 e. The molecule has 3 rings (SSSR count). The van der Waals surface area contributed by atoms with E-state index in [1.54, 1.807) is 13.0 Å². The predicted octanol–water partition coefficient (Wildman–Crippen LogP) is 4.52. The van der Waals surface area contributed by atoms with E-state index >= 15 is 0 Å². The van der Waals surface area contributed by atoms with Crippen molar-refractivity contribution in [1.29, 1.82) is 0 Å². The summed E-state index contributed by atoms with van der Waals surface area (Å²) in [5.74, 6) is 2.74. The molecule has 0 bridgehead atoms. The third kappa shape index (κ3) is 6.05. The lowest BCUT2D eigenvalue weighted by molar-refractivity contribution is -0.121. The van der Waals surface area contributed by atoms with Crippen molar-refractivity contribution >= 4 is 11.7 Å². The van der Waals surface area contributed by atoms with Gasteiger partial charge in [-0.25, -0.2) is 0 Å². The average Bonchev–Trinajstić information content (AvgIpc) is 3.06. The lowest BCUT2D eigenvalue weighted by Crippen LogP contribution is -2.38. The molecule has 1 aromatic heterocycles. The molecule has 30 heavy (non-hydrogen) atoms. The lowest BCUT2D eigenvalue weighted by atomic mass is 9.91. The first-order chi connectivity index (χ1) is 14.3. The predicted molar refractivity (Wildman–Crippen MR) is 118 cm³/mol. The van der Waals surface area contributed by atoms with Crippen molar-refractivity contribution in [2.24, 2.45) is 11.8 Å². The summed E-state index contributed by atoms with van der Waals surface area (Å²) >= 11 is 0. The fourth-order valence-corrected chi connectivity index (χ4v) is 4.58. The normalized spacial score (nSPS) is 19.6. The van der Waals surface area contributed by atoms with Crippen LogP contribution in [0.4, 0.5) is 0 Å². The number of nitrogens with one attached hydrogen (secondary N) is 1. The molecule has 5 heteroatoms. The summed E-state index contributed by atoms with van der Waals surface area (Å²) in [7, 11) is 0. The zero-order valence-electron chi connectivity index (χ0n) is 18.7. The zero-order chi connectivity index (χ0) is 21.7. The van der Waals surface area contributed by atoms with Crippen molar-refractivity contribution in [1.82, 2.24) is 10.2 Å². The van der Waals surface area contributed by atoms with E-state index in [9.17, 15) is 9.59 Å². The van der Waals surface area contributed by atoms with Crippen LogP contribution in [0.25, 0.3) is 0 Å². The number of rotatable bonds is 8. The van der Waals surface area contributed by atoms with Crippen LogP contribution in [0.1, 0.15) is 66.6 Å². The average molecular weight is 411 g/mol. The third-order valence-corrected chi connectivity index (χ3v) is 5.88. The van der Waals surface area contributed by atoms with Crippen molar-refractivity contribution in [3.05, 3.63) is 58.5 Å². The number of aryl methyl sites for hydroxylation is 2. The number of nitrogens with zero attached hydrogens (tertiary/aromatic N) is 1. The van der Waals surface area contributed by atoms with Crippen molar-refractivity contribution in [3.63, 3.8) is 0 Å². The lowest BCUT2D eigenvalue weighted by Gasteiger charge is -2.35. The van der Waals surface area contributed by atoms with Gasteiger partial charge in [-0.05, 0) is 49.3 Å². The van der Waals surface area contributed by atoms with Gasteiger partial charge in [0, 0.05) is 39.0 Å². The number of likely N-dealkylation sites (tertiary alicyclic amines) is 1. The van der Waals surface area contributed by atoms with Crippen molar-refractivity contribution in [2.75, 3.05) is 13.1 Å². The van der Waals surface area contributed by atoms with Gasteiger partial charge in [0.1, 0.15) is 11.5 Å². The molecule has 5 nitrogen and oxygen atoms in total. The molecule has 162 valence electrons. The molecule has 0 saturated carbocycles. The Hall–Kier alpha value is -2.40. The summed E-state index contributed by atoms with van der Waals surface area (Å²) in [5, 5.41) is 3.04. The number of ketones is 1. The SMILES string of the molecule is CC(=O)c1cc(CCC(=O)NCc2ccccc2CN2C[C@@H](C)C[C@H](C)C2)oc1C. The second-order valence-corrected chi connectivity index (χ2v) is 8.92. The topological polar surface area (TPSA) is 62.6 Å². The molecule has 0 aliphatic carbocycles. The first-order valence-corrected chi connectivity index (χ1v) is 11.0. The molecule has 1 amide bonds. The molecule has 0 spiro atoms. The number of Topliss-reactive ketones (excluding diaryl/α,β-unsaturated/α-hetero) is 1. The van der Waals surface area contributed by atoms with Crippen LogP contribution in [-0.2, 0) is 24.3 Å². The first kappa shape index (κ1) is 22.3. The second kappa shape index (κ2) is 10.1. The molecule has 1 aliphatic heterocycles. The maximum atomic E-state index is 12.4. The molecule has 0 radical (unpaired) electrons. The smallest absolute Gasteiger partial charge is 0.220 e. The Labute approximate surface area is 179 Å². The van der Waals surface area contributed by atoms with Crippen molar-refractivity contribution < 1.29 is 14.0 Å². The van der Waals surface area contributed by atoms with Crippen LogP contribution >= 0.6 is 0 Å². The Morgan fingerprint density at radius 2 is 1.80 bits per heavy atom. The second-order valence-electron chi connectivity index (χ2n) is 8.92. The third-order valence-electron chi connectivity index (χ3n) is 5.88. The van der Waals surface area contributed by atoms with Crippen LogP contribution in [0.15, 0.2) is 34.7 Å². The molecule has 1 aromatic carbocycles. The van der Waals surface area contributed by atoms with Gasteiger partial charge >= 0.3 is 0 Å². The maximum absolute atomic E-state index is 12.4. The van der Waals surface area contributed by atoms with Crippen LogP contribution < -0.4 is 5.32 Å². The van der Waals surface area contributed by atoms with Gasteiger partial charge in [-0.2, -0.15) is 0 Å². The minimum atomic E-state index is -0.0129. The number of carbonyl (C=O) groups excluding carboxylic acids is 2. The number of carbonyl (C=O) groups is 2. The van der Waals surface area contributed by atoms with Gasteiger partial charge in [-0.15, -0.1) is 0 Å². The minimum absolute atomic E-state index is 0.0107. The summed E-state index contributed by atoms with van der Waals surface area (Å²) in [6.07, 6.45) is 2.14. The number of hydrogen-bond acceptors (Lipinski definition) is 4. The van der Waals surface area contributed by atoms with Gasteiger partial charge in [0.25, 0.3) is 0 Å². The van der Waals surface area contributed by atoms with Crippen molar-refractivity contribution in [2.45, 2.75) is 60.0 Å². The highest BCUT2D eigenvalue weighted by atomic mass is 16.3. The maximum Gasteiger partial charge on any atom is 0.220 e. The standard InChI is InChI=1S/C25H34N2O3/c1-17-11-18(2)15-27(14-17)16-22-8-6-5-7-21(22)13-26-25(29)10-9-23-12-24(19(3)28)20(4)30-23/h5-8,12,17-18H,9-11,13-16H2,1-4H3,(H,26,29)/t17-,18-/m0/s1. The number of benzene rings is 1. The molecule has 1 fully saturated rings. The molecule has 1 N–H and O–H groups in total. The number of piperidine rings is 1. The van der Waals surface area contributed by atoms with Crippen LogP contribution in [-0.4, -0.2) is 29.7 Å². The van der Waals surface area contributed by atoms with Gasteiger partial charge in [0.05, 0.1) is 5.56 Å². The highest BCUT2D eigenvalue weighted by Crippen LogP contribution is 2.23. The molecule has 1 aliphatic rings. The van der Waals surface area contributed by atoms with E-state index in [-0.39, 0.29) is 11.7 Å². The summed E-state index contributed by atoms with van der Waals surface area (Å²) in [6, 6.07) is 10.1. The molecule has 2 aromatic rings. The molecular weight excluding hydrogens is 376 g/mol. The van der Waals surface area contributed by atoms with Crippen LogP contribution in [0.5, 0.6) is 0 Å². The Bertz CT molecular complexity index is 876. The minimum Gasteiger partial charge on any atom is -0.466 e. The van der Waals surface area contributed by atoms with E-state index in [0.29, 0.717) is 36.5 Å². The summed E-state index contributed by atoms with van der Waals surface area (Å²) < 4.78 is 5.60. The van der Waals surface area contributed by atoms with Crippen LogP contribution in [0.3, 0.4) is 0 Å². The van der Waals surface area contributed by atoms with Gasteiger partial charge in [-0.1, -0.05) is 38.1 Å². The van der Waals surface area contributed by atoms with E-state index in [1.807, 2.05) is 6.07 Å². The molecule has 1 saturated heterocycles. The van der Waals surface area contributed by atoms with Crippen molar-refractivity contribution in [3.8, 4) is 0 Å². The summed E-state index contributed by atoms with van der Waals surface area (Å²) in [5.41, 5.74) is 3.05. The Balaban J connectivity index is 1.52. The van der Waals surface area contributed by atoms with Crippen LogP contribution in [0, 0.1) is 18.8 Å². The Kier molecular flexibility index (Phi) is 7.48.